The largest absolute Gasteiger partial charge is 0.341 e. The molecule has 2 aromatic carbocycles. The van der Waals surface area contributed by atoms with Gasteiger partial charge < -0.3 is 10.6 Å². The monoisotopic (exact) mass is 371 g/mol. The van der Waals surface area contributed by atoms with Crippen LogP contribution >= 0.6 is 0 Å². The van der Waals surface area contributed by atoms with E-state index in [1.165, 1.54) is 19.1 Å². The molecule has 2 aromatic rings. The molecule has 5 heteroatoms. The molecule has 0 aliphatic rings. The molecular formula is C22H28FN2O2+. The summed E-state index contributed by atoms with van der Waals surface area (Å²) in [7, 11) is 0. The van der Waals surface area contributed by atoms with Gasteiger partial charge in [-0.3, -0.25) is 9.59 Å². The van der Waals surface area contributed by atoms with Gasteiger partial charge in [0, 0.05) is 11.5 Å². The Balaban J connectivity index is 1.95. The molecule has 144 valence electrons. The van der Waals surface area contributed by atoms with Crippen LogP contribution in [-0.2, 0) is 16.0 Å². The molecule has 0 heterocycles. The van der Waals surface area contributed by atoms with E-state index in [0.717, 1.165) is 11.1 Å². The number of Topliss-reactive ketones (excluding diaryl/α,β-unsaturated/α-hetero) is 1. The predicted molar refractivity (Wildman–Crippen MR) is 104 cm³/mol. The molecule has 2 rings (SSSR count). The first-order valence-corrected chi connectivity index (χ1v) is 9.29. The molecule has 0 fully saturated rings. The number of hydrogen-bond donors (Lipinski definition) is 2. The lowest BCUT2D eigenvalue weighted by Crippen LogP contribution is -2.88. The number of hydrogen-bond acceptors (Lipinski definition) is 2. The van der Waals surface area contributed by atoms with E-state index in [9.17, 15) is 14.0 Å². The van der Waals surface area contributed by atoms with Crippen LogP contribution in [-0.4, -0.2) is 24.3 Å². The molecule has 0 saturated carbocycles. The molecule has 0 bridgehead atoms. The van der Waals surface area contributed by atoms with Crippen LogP contribution in [0.4, 0.5) is 4.39 Å². The standard InChI is InChI=1S/C22H27FN2O2/c1-15(2)22(18-9-11-19(23)12-10-18)24-14-21(27)25-20(16(3)26)13-17-7-5-4-6-8-17/h4-12,15,20,22,24H,13-14H2,1-3H3,(H,25,27)/p+1/t20-,22-/m0/s1. The summed E-state index contributed by atoms with van der Waals surface area (Å²) in [6.45, 7) is 5.83. The fraction of sp³-hybridized carbons (Fsp3) is 0.364. The Bertz CT molecular complexity index is 745. The van der Waals surface area contributed by atoms with Crippen LogP contribution in [0.1, 0.15) is 37.9 Å². The highest BCUT2D eigenvalue weighted by Crippen LogP contribution is 2.17. The number of carbonyl (C=O) groups is 2. The maximum atomic E-state index is 13.2. The van der Waals surface area contributed by atoms with Crippen molar-refractivity contribution in [2.24, 2.45) is 5.92 Å². The first-order chi connectivity index (χ1) is 12.9. The third kappa shape index (κ3) is 6.61. The Hall–Kier alpha value is -2.53. The molecule has 0 radical (unpaired) electrons. The van der Waals surface area contributed by atoms with Gasteiger partial charge in [0.2, 0.25) is 0 Å². The second kappa shape index (κ2) is 9.97. The van der Waals surface area contributed by atoms with Crippen molar-refractivity contribution in [3.8, 4) is 0 Å². The fourth-order valence-corrected chi connectivity index (χ4v) is 3.11. The molecule has 0 aromatic heterocycles. The topological polar surface area (TPSA) is 62.8 Å². The van der Waals surface area contributed by atoms with E-state index < -0.39 is 6.04 Å². The zero-order valence-electron chi connectivity index (χ0n) is 16.1. The lowest BCUT2D eigenvalue weighted by atomic mass is 9.96. The van der Waals surface area contributed by atoms with E-state index in [0.29, 0.717) is 6.42 Å². The lowest BCUT2D eigenvalue weighted by molar-refractivity contribution is -0.692. The molecular weight excluding hydrogens is 343 g/mol. The highest BCUT2D eigenvalue weighted by atomic mass is 19.1. The van der Waals surface area contributed by atoms with Crippen LogP contribution in [0.5, 0.6) is 0 Å². The number of nitrogens with one attached hydrogen (secondary N) is 1. The average molecular weight is 371 g/mol. The minimum Gasteiger partial charge on any atom is -0.341 e. The van der Waals surface area contributed by atoms with Gasteiger partial charge in [-0.25, -0.2) is 4.39 Å². The molecule has 1 amide bonds. The maximum Gasteiger partial charge on any atom is 0.275 e. The van der Waals surface area contributed by atoms with Crippen molar-refractivity contribution in [2.45, 2.75) is 39.3 Å². The van der Waals surface area contributed by atoms with Crippen molar-refractivity contribution in [1.29, 1.82) is 0 Å². The molecule has 0 aliphatic heterocycles. The summed E-state index contributed by atoms with van der Waals surface area (Å²) in [6.07, 6.45) is 0.480. The Morgan fingerprint density at radius 1 is 1.04 bits per heavy atom. The average Bonchev–Trinajstić information content (AvgIpc) is 2.63. The zero-order chi connectivity index (χ0) is 19.8. The smallest absolute Gasteiger partial charge is 0.275 e. The molecule has 0 saturated heterocycles. The number of halogens is 1. The number of quaternary nitrogens is 1. The summed E-state index contributed by atoms with van der Waals surface area (Å²) >= 11 is 0. The van der Waals surface area contributed by atoms with Crippen molar-refractivity contribution in [3.05, 3.63) is 71.5 Å². The van der Waals surface area contributed by atoms with E-state index in [1.54, 1.807) is 12.1 Å². The van der Waals surface area contributed by atoms with Gasteiger partial charge in [0.05, 0.1) is 6.04 Å². The van der Waals surface area contributed by atoms with Crippen molar-refractivity contribution in [1.82, 2.24) is 5.32 Å². The summed E-state index contributed by atoms with van der Waals surface area (Å²) in [6, 6.07) is 15.5. The number of amides is 1. The SMILES string of the molecule is CC(=O)[C@H](Cc1ccccc1)NC(=O)C[NH2+][C@H](c1ccc(F)cc1)C(C)C. The molecule has 3 N–H and O–H groups in total. The normalized spacial score (nSPS) is 13.2. The highest BCUT2D eigenvalue weighted by Gasteiger charge is 2.23. The van der Waals surface area contributed by atoms with Crippen molar-refractivity contribution in [3.63, 3.8) is 0 Å². The molecule has 4 nitrogen and oxygen atoms in total. The third-order valence-electron chi connectivity index (χ3n) is 4.64. The van der Waals surface area contributed by atoms with Crippen LogP contribution in [0.2, 0.25) is 0 Å². The second-order valence-electron chi connectivity index (χ2n) is 7.18. The van der Waals surface area contributed by atoms with Gasteiger partial charge in [0.25, 0.3) is 5.91 Å². The van der Waals surface area contributed by atoms with Gasteiger partial charge in [-0.2, -0.15) is 0 Å². The fourth-order valence-electron chi connectivity index (χ4n) is 3.11. The Morgan fingerprint density at radius 3 is 2.22 bits per heavy atom. The second-order valence-corrected chi connectivity index (χ2v) is 7.18. The predicted octanol–water partition coefficient (Wildman–Crippen LogP) is 2.40. The summed E-state index contributed by atoms with van der Waals surface area (Å²) in [5.74, 6) is -0.245. The summed E-state index contributed by atoms with van der Waals surface area (Å²) in [5.41, 5.74) is 1.99. The Kier molecular flexibility index (Phi) is 7.67. The molecule has 0 spiro atoms. The van der Waals surface area contributed by atoms with Gasteiger partial charge in [-0.05, 0) is 31.0 Å². The van der Waals surface area contributed by atoms with Crippen molar-refractivity contribution in [2.75, 3.05) is 6.54 Å². The van der Waals surface area contributed by atoms with Crippen molar-refractivity contribution >= 4 is 11.7 Å². The van der Waals surface area contributed by atoms with E-state index in [4.69, 9.17) is 0 Å². The van der Waals surface area contributed by atoms with Crippen molar-refractivity contribution < 1.29 is 19.3 Å². The van der Waals surface area contributed by atoms with E-state index in [1.807, 2.05) is 35.6 Å². The van der Waals surface area contributed by atoms with Gasteiger partial charge >= 0.3 is 0 Å². The maximum absolute atomic E-state index is 13.2. The van der Waals surface area contributed by atoms with Crippen LogP contribution in [0, 0.1) is 11.7 Å². The van der Waals surface area contributed by atoms with Gasteiger partial charge in [-0.1, -0.05) is 56.3 Å². The molecule has 27 heavy (non-hydrogen) atoms. The summed E-state index contributed by atoms with van der Waals surface area (Å²) in [5, 5.41) is 4.78. The zero-order valence-corrected chi connectivity index (χ0v) is 16.1. The molecule has 0 unspecified atom stereocenters. The van der Waals surface area contributed by atoms with Crippen LogP contribution in [0.25, 0.3) is 0 Å². The van der Waals surface area contributed by atoms with Gasteiger partial charge in [0.15, 0.2) is 12.3 Å². The third-order valence-corrected chi connectivity index (χ3v) is 4.64. The number of ketones is 1. The minimum absolute atomic E-state index is 0.0428. The first-order valence-electron chi connectivity index (χ1n) is 9.29. The van der Waals surface area contributed by atoms with Crippen LogP contribution in [0.3, 0.4) is 0 Å². The van der Waals surface area contributed by atoms with Gasteiger partial charge in [-0.15, -0.1) is 0 Å². The summed E-state index contributed by atoms with van der Waals surface area (Å²) in [4.78, 5) is 24.3. The van der Waals surface area contributed by atoms with Gasteiger partial charge in [0.1, 0.15) is 11.9 Å². The lowest BCUT2D eigenvalue weighted by Gasteiger charge is -2.21. The first kappa shape index (κ1) is 20.8. The minimum atomic E-state index is -0.531. The Morgan fingerprint density at radius 2 is 1.67 bits per heavy atom. The number of nitrogens with two attached hydrogens (primary N) is 1. The summed E-state index contributed by atoms with van der Waals surface area (Å²) < 4.78 is 13.2. The number of rotatable bonds is 9. The number of benzene rings is 2. The Labute approximate surface area is 160 Å². The number of carbonyl (C=O) groups excluding carboxylic acids is 2. The van der Waals surface area contributed by atoms with E-state index in [-0.39, 0.29) is 36.0 Å². The molecule has 0 aliphatic carbocycles. The molecule has 2 atom stereocenters. The highest BCUT2D eigenvalue weighted by molar-refractivity contribution is 5.88. The van der Waals surface area contributed by atoms with E-state index >= 15 is 0 Å². The quantitative estimate of drug-likeness (QED) is 0.711. The van der Waals surface area contributed by atoms with Crippen LogP contribution in [0.15, 0.2) is 54.6 Å². The van der Waals surface area contributed by atoms with Crippen LogP contribution < -0.4 is 10.6 Å². The van der Waals surface area contributed by atoms with E-state index in [2.05, 4.69) is 19.2 Å².